The van der Waals surface area contributed by atoms with E-state index in [1.807, 2.05) is 0 Å². The first-order valence-electron chi connectivity index (χ1n) is 9.92. The van der Waals surface area contributed by atoms with Crippen molar-refractivity contribution in [1.82, 2.24) is 9.80 Å². The molecule has 0 aromatic carbocycles. The Morgan fingerprint density at radius 2 is 1.40 bits per heavy atom. The summed E-state index contributed by atoms with van der Waals surface area (Å²) < 4.78 is 22.7. The number of ether oxygens (including phenoxy) is 4. The second kappa shape index (κ2) is 10.1. The van der Waals surface area contributed by atoms with Crippen molar-refractivity contribution in [2.24, 2.45) is 0 Å². The maximum atomic E-state index is 11.5. The molecule has 0 aliphatic carbocycles. The Morgan fingerprint density at radius 3 is 1.93 bits per heavy atom. The van der Waals surface area contributed by atoms with E-state index in [0.29, 0.717) is 52.4 Å². The zero-order chi connectivity index (χ0) is 21.6. The molecule has 1 fully saturated rings. The van der Waals surface area contributed by atoms with Crippen LogP contribution in [0.2, 0.25) is 0 Å². The number of rotatable bonds is 12. The summed E-state index contributed by atoms with van der Waals surface area (Å²) in [4.78, 5) is 48.2. The average molecular weight is 422 g/mol. The van der Waals surface area contributed by atoms with Gasteiger partial charge < -0.3 is 18.9 Å². The first-order chi connectivity index (χ1) is 14.4. The molecule has 1 saturated heterocycles. The molecule has 2 atom stereocenters. The van der Waals surface area contributed by atoms with Gasteiger partial charge in [-0.3, -0.25) is 29.0 Å². The lowest BCUT2D eigenvalue weighted by Gasteiger charge is -2.23. The van der Waals surface area contributed by atoms with Gasteiger partial charge in [0, 0.05) is 50.6 Å². The van der Waals surface area contributed by atoms with Crippen molar-refractivity contribution in [3.05, 3.63) is 24.3 Å². The number of nitrogens with zero attached hydrogens (tertiary/aromatic N) is 2. The maximum Gasteiger partial charge on any atom is 0.253 e. The van der Waals surface area contributed by atoms with E-state index in [4.69, 9.17) is 18.9 Å². The minimum absolute atomic E-state index is 0.218. The highest BCUT2D eigenvalue weighted by Gasteiger charge is 2.37. The van der Waals surface area contributed by atoms with Gasteiger partial charge >= 0.3 is 0 Å². The van der Waals surface area contributed by atoms with Crippen molar-refractivity contribution in [2.75, 3.05) is 46.1 Å². The Hall–Kier alpha value is -2.40. The Morgan fingerprint density at radius 1 is 0.900 bits per heavy atom. The second-order valence-electron chi connectivity index (χ2n) is 7.34. The van der Waals surface area contributed by atoms with Crippen LogP contribution in [0.25, 0.3) is 0 Å². The van der Waals surface area contributed by atoms with E-state index in [-0.39, 0.29) is 36.3 Å². The van der Waals surface area contributed by atoms with E-state index < -0.39 is 5.79 Å². The largest absolute Gasteiger partial charge is 0.379 e. The van der Waals surface area contributed by atoms with Gasteiger partial charge in [-0.15, -0.1) is 0 Å². The Balaban J connectivity index is 1.23. The number of amides is 4. The van der Waals surface area contributed by atoms with Gasteiger partial charge in [0.25, 0.3) is 23.6 Å². The molecular weight excluding hydrogens is 396 g/mol. The van der Waals surface area contributed by atoms with Crippen molar-refractivity contribution in [3.8, 4) is 0 Å². The molecule has 2 unspecified atom stereocenters. The standard InChI is InChI=1S/C20H26N2O8/c1-20(14-28-11-3-9-22-18(25)6-7-19(22)26)29-13-15(30-20)12-27-10-2-8-21-16(23)4-5-17(21)24/h4-7,15H,2-3,8-14H2,1H3. The lowest BCUT2D eigenvalue weighted by Crippen LogP contribution is -2.35. The third-order valence-corrected chi connectivity index (χ3v) is 4.80. The molecule has 0 aromatic heterocycles. The lowest BCUT2D eigenvalue weighted by molar-refractivity contribution is -0.193. The van der Waals surface area contributed by atoms with Gasteiger partial charge in [0.1, 0.15) is 12.7 Å². The summed E-state index contributed by atoms with van der Waals surface area (Å²) >= 11 is 0. The monoisotopic (exact) mass is 422 g/mol. The van der Waals surface area contributed by atoms with Crippen LogP contribution in [0.5, 0.6) is 0 Å². The van der Waals surface area contributed by atoms with Crippen molar-refractivity contribution < 1.29 is 38.1 Å². The average Bonchev–Trinajstić information content (AvgIpc) is 3.35. The molecule has 10 nitrogen and oxygen atoms in total. The van der Waals surface area contributed by atoms with Crippen LogP contribution < -0.4 is 0 Å². The molecule has 3 rings (SSSR count). The van der Waals surface area contributed by atoms with Gasteiger partial charge in [-0.25, -0.2) is 0 Å². The first kappa shape index (κ1) is 22.3. The van der Waals surface area contributed by atoms with Gasteiger partial charge in [0.15, 0.2) is 5.79 Å². The molecule has 0 aromatic rings. The van der Waals surface area contributed by atoms with E-state index in [0.717, 1.165) is 0 Å². The molecule has 3 heterocycles. The maximum absolute atomic E-state index is 11.5. The zero-order valence-electron chi connectivity index (χ0n) is 16.9. The number of carbonyl (C=O) groups excluding carboxylic acids is 4. The van der Waals surface area contributed by atoms with Crippen LogP contribution in [-0.4, -0.2) is 91.4 Å². The van der Waals surface area contributed by atoms with E-state index in [2.05, 4.69) is 0 Å². The molecule has 164 valence electrons. The van der Waals surface area contributed by atoms with Crippen LogP contribution in [0.4, 0.5) is 0 Å². The highest BCUT2D eigenvalue weighted by Crippen LogP contribution is 2.24. The van der Waals surface area contributed by atoms with Crippen molar-refractivity contribution in [2.45, 2.75) is 31.7 Å². The second-order valence-corrected chi connectivity index (χ2v) is 7.34. The Bertz CT molecular complexity index is 713. The molecule has 3 aliphatic heterocycles. The van der Waals surface area contributed by atoms with Crippen LogP contribution in [0.3, 0.4) is 0 Å². The minimum atomic E-state index is -0.880. The fraction of sp³-hybridized carbons (Fsp3) is 0.600. The summed E-state index contributed by atoms with van der Waals surface area (Å²) in [6.07, 6.45) is 5.88. The molecule has 0 bridgehead atoms. The zero-order valence-corrected chi connectivity index (χ0v) is 16.9. The third-order valence-electron chi connectivity index (χ3n) is 4.80. The van der Waals surface area contributed by atoms with E-state index in [9.17, 15) is 19.2 Å². The molecule has 0 N–H and O–H groups in total. The predicted octanol–water partition coefficient (Wildman–Crippen LogP) is -0.219. The molecule has 0 radical (unpaired) electrons. The topological polar surface area (TPSA) is 112 Å². The SMILES string of the molecule is CC1(COCCCN2C(=O)C=CC2=O)OCC(COCCCN2C(=O)C=CC2=O)O1. The van der Waals surface area contributed by atoms with E-state index in [1.54, 1.807) is 6.92 Å². The molecule has 0 saturated carbocycles. The van der Waals surface area contributed by atoms with Gasteiger partial charge in [-0.05, 0) is 19.8 Å². The normalized spacial score (nSPS) is 26.1. The number of imide groups is 2. The lowest BCUT2D eigenvalue weighted by atomic mass is 10.3. The molecule has 3 aliphatic rings. The predicted molar refractivity (Wildman–Crippen MR) is 102 cm³/mol. The molecular formula is C20H26N2O8. The summed E-state index contributed by atoms with van der Waals surface area (Å²) in [7, 11) is 0. The minimum Gasteiger partial charge on any atom is -0.379 e. The fourth-order valence-electron chi connectivity index (χ4n) is 3.27. The van der Waals surface area contributed by atoms with Gasteiger partial charge in [-0.1, -0.05) is 0 Å². The van der Waals surface area contributed by atoms with E-state index >= 15 is 0 Å². The summed E-state index contributed by atoms with van der Waals surface area (Å²) in [6, 6.07) is 0. The molecule has 10 heteroatoms. The fourth-order valence-corrected chi connectivity index (χ4v) is 3.27. The molecule has 0 spiro atoms. The number of hydrogen-bond acceptors (Lipinski definition) is 8. The van der Waals surface area contributed by atoms with Gasteiger partial charge in [0.05, 0.1) is 13.2 Å². The van der Waals surface area contributed by atoms with Crippen LogP contribution >= 0.6 is 0 Å². The van der Waals surface area contributed by atoms with Gasteiger partial charge in [0.2, 0.25) is 0 Å². The smallest absolute Gasteiger partial charge is 0.253 e. The molecule has 4 amide bonds. The van der Waals surface area contributed by atoms with Crippen molar-refractivity contribution in [3.63, 3.8) is 0 Å². The highest BCUT2D eigenvalue weighted by molar-refractivity contribution is 6.13. The summed E-state index contributed by atoms with van der Waals surface area (Å²) in [6.45, 7) is 4.10. The number of hydrogen-bond donors (Lipinski definition) is 0. The van der Waals surface area contributed by atoms with E-state index in [1.165, 1.54) is 34.1 Å². The van der Waals surface area contributed by atoms with Crippen LogP contribution in [0.15, 0.2) is 24.3 Å². The highest BCUT2D eigenvalue weighted by atomic mass is 16.8. The number of carbonyl (C=O) groups is 4. The summed E-state index contributed by atoms with van der Waals surface area (Å²) in [5, 5.41) is 0. The van der Waals surface area contributed by atoms with Crippen molar-refractivity contribution >= 4 is 23.6 Å². The van der Waals surface area contributed by atoms with Gasteiger partial charge in [-0.2, -0.15) is 0 Å². The van der Waals surface area contributed by atoms with Crippen LogP contribution in [-0.2, 0) is 38.1 Å². The molecule has 30 heavy (non-hydrogen) atoms. The summed E-state index contributed by atoms with van der Waals surface area (Å²) in [5.74, 6) is -2.06. The Kier molecular flexibility index (Phi) is 7.48. The summed E-state index contributed by atoms with van der Waals surface area (Å²) in [5.41, 5.74) is 0. The first-order valence-corrected chi connectivity index (χ1v) is 9.92. The van der Waals surface area contributed by atoms with Crippen molar-refractivity contribution in [1.29, 1.82) is 0 Å². The quantitative estimate of drug-likeness (QED) is 0.314. The van der Waals surface area contributed by atoms with Crippen LogP contribution in [0.1, 0.15) is 19.8 Å². The third kappa shape index (κ3) is 5.82. The van der Waals surface area contributed by atoms with Crippen LogP contribution in [0, 0.1) is 0 Å². The Labute approximate surface area is 174 Å².